The Kier molecular flexibility index (Phi) is 5.70. The van der Waals surface area contributed by atoms with Gasteiger partial charge in [-0.15, -0.1) is 0 Å². The van der Waals surface area contributed by atoms with Gasteiger partial charge in [0.25, 0.3) is 0 Å². The highest BCUT2D eigenvalue weighted by molar-refractivity contribution is 7.92. The van der Waals surface area contributed by atoms with Crippen LogP contribution in [-0.2, 0) is 20.8 Å². The van der Waals surface area contributed by atoms with E-state index in [4.69, 9.17) is 0 Å². The molecule has 1 aromatic carbocycles. The molecule has 2 aromatic rings. The fraction of sp³-hybridized carbons (Fsp3) is 0.294. The van der Waals surface area contributed by atoms with Gasteiger partial charge in [-0.3, -0.25) is 4.79 Å². The van der Waals surface area contributed by atoms with E-state index in [1.165, 1.54) is 4.90 Å². The molecule has 0 N–H and O–H groups in total. The Labute approximate surface area is 149 Å². The Hall–Kier alpha value is -2.42. The minimum absolute atomic E-state index is 0.207. The van der Waals surface area contributed by atoms with Gasteiger partial charge in [0.2, 0.25) is 15.7 Å². The summed E-state index contributed by atoms with van der Waals surface area (Å²) in [5, 5.41) is -2.36. The number of anilines is 1. The normalized spacial score (nSPS) is 13.3. The second-order valence-corrected chi connectivity index (χ2v) is 7.70. The number of carbonyl (C=O) groups is 1. The number of nitrogens with zero attached hydrogens (tertiary/aromatic N) is 2. The van der Waals surface area contributed by atoms with Crippen LogP contribution in [0, 0.1) is 0 Å². The average molecular weight is 386 g/mol. The first-order valence-corrected chi connectivity index (χ1v) is 9.27. The molecule has 1 unspecified atom stereocenters. The lowest BCUT2D eigenvalue weighted by Gasteiger charge is -2.24. The summed E-state index contributed by atoms with van der Waals surface area (Å²) in [7, 11) is -4.39. The van der Waals surface area contributed by atoms with Crippen LogP contribution in [0.4, 0.5) is 18.9 Å². The van der Waals surface area contributed by atoms with Crippen LogP contribution in [0.25, 0.3) is 0 Å². The summed E-state index contributed by atoms with van der Waals surface area (Å²) in [5.74, 6) is -0.738. The first-order chi connectivity index (χ1) is 12.1. The zero-order valence-corrected chi connectivity index (χ0v) is 14.9. The first kappa shape index (κ1) is 19.9. The van der Waals surface area contributed by atoms with Crippen molar-refractivity contribution in [1.82, 2.24) is 4.98 Å². The summed E-state index contributed by atoms with van der Waals surface area (Å²) in [4.78, 5) is 17.5. The number of hydrogen-bond acceptors (Lipinski definition) is 4. The number of benzene rings is 1. The van der Waals surface area contributed by atoms with Gasteiger partial charge >= 0.3 is 6.18 Å². The lowest BCUT2D eigenvalue weighted by Crippen LogP contribution is -2.41. The third kappa shape index (κ3) is 4.04. The molecule has 5 nitrogen and oxygen atoms in total. The Bertz CT molecular complexity index is 884. The molecule has 0 fully saturated rings. The molecule has 2 rings (SSSR count). The largest absolute Gasteiger partial charge is 0.416 e. The van der Waals surface area contributed by atoms with Crippen molar-refractivity contribution in [2.75, 3.05) is 11.4 Å². The molecule has 1 heterocycles. The molecule has 0 spiro atoms. The lowest BCUT2D eigenvalue weighted by atomic mass is 10.2. The first-order valence-electron chi connectivity index (χ1n) is 7.72. The maximum absolute atomic E-state index is 12.8. The molecule has 0 saturated carbocycles. The minimum Gasteiger partial charge on any atom is -0.312 e. The van der Waals surface area contributed by atoms with Crippen LogP contribution in [0.3, 0.4) is 0 Å². The highest BCUT2D eigenvalue weighted by atomic mass is 32.2. The number of amides is 1. The van der Waals surface area contributed by atoms with E-state index < -0.39 is 37.8 Å². The number of hydrogen-bond donors (Lipinski definition) is 0. The maximum Gasteiger partial charge on any atom is 0.416 e. The van der Waals surface area contributed by atoms with Gasteiger partial charge < -0.3 is 4.90 Å². The Morgan fingerprint density at radius 2 is 1.81 bits per heavy atom. The van der Waals surface area contributed by atoms with E-state index in [-0.39, 0.29) is 6.54 Å². The van der Waals surface area contributed by atoms with Crippen LogP contribution in [0.2, 0.25) is 0 Å². The number of sulfone groups is 1. The second-order valence-electron chi connectivity index (χ2n) is 5.49. The van der Waals surface area contributed by atoms with Gasteiger partial charge in [-0.2, -0.15) is 13.2 Å². The smallest absolute Gasteiger partial charge is 0.312 e. The van der Waals surface area contributed by atoms with E-state index in [9.17, 15) is 26.4 Å². The third-order valence-corrected chi connectivity index (χ3v) is 5.76. The zero-order valence-electron chi connectivity index (χ0n) is 14.1. The molecule has 26 heavy (non-hydrogen) atoms. The van der Waals surface area contributed by atoms with Crippen molar-refractivity contribution < 1.29 is 26.4 Å². The number of pyridine rings is 1. The molecule has 0 aliphatic carbocycles. The van der Waals surface area contributed by atoms with E-state index in [1.54, 1.807) is 37.3 Å². The molecule has 1 aromatic heterocycles. The predicted octanol–water partition coefficient (Wildman–Crippen LogP) is 3.32. The summed E-state index contributed by atoms with van der Waals surface area (Å²) in [6.07, 6.45) is -3.94. The van der Waals surface area contributed by atoms with E-state index in [0.717, 1.165) is 13.1 Å². The van der Waals surface area contributed by atoms with Gasteiger partial charge in [0.1, 0.15) is 5.25 Å². The van der Waals surface area contributed by atoms with Gasteiger partial charge in [-0.05, 0) is 38.1 Å². The van der Waals surface area contributed by atoms with Crippen LogP contribution >= 0.6 is 0 Å². The van der Waals surface area contributed by atoms with Gasteiger partial charge in [-0.1, -0.05) is 18.2 Å². The highest BCUT2D eigenvalue weighted by Gasteiger charge is 2.37. The van der Waals surface area contributed by atoms with Gasteiger partial charge in [-0.25, -0.2) is 13.4 Å². The van der Waals surface area contributed by atoms with Crippen molar-refractivity contribution in [2.24, 2.45) is 0 Å². The number of aromatic nitrogens is 1. The summed E-state index contributed by atoms with van der Waals surface area (Å²) in [6.45, 7) is 3.02. The number of para-hydroxylation sites is 1. The molecule has 1 amide bonds. The fourth-order valence-electron chi connectivity index (χ4n) is 2.35. The van der Waals surface area contributed by atoms with Gasteiger partial charge in [0.15, 0.2) is 5.03 Å². The van der Waals surface area contributed by atoms with E-state index in [2.05, 4.69) is 4.98 Å². The molecule has 0 aliphatic heterocycles. The lowest BCUT2D eigenvalue weighted by molar-refractivity contribution is -0.137. The third-order valence-electron chi connectivity index (χ3n) is 3.82. The zero-order chi connectivity index (χ0) is 19.5. The molecule has 9 heteroatoms. The predicted molar refractivity (Wildman–Crippen MR) is 90.4 cm³/mol. The maximum atomic E-state index is 12.8. The standard InChI is InChI=1S/C17H17F3N2O3S/c1-3-22(14-7-5-4-6-8-14)16(23)12(2)26(24,25)15-11-13(9-10-21-15)17(18,19)20/h4-12H,3H2,1-2H3. The van der Waals surface area contributed by atoms with E-state index in [1.807, 2.05) is 0 Å². The van der Waals surface area contributed by atoms with Crippen LogP contribution < -0.4 is 4.90 Å². The van der Waals surface area contributed by atoms with Crippen LogP contribution in [-0.4, -0.2) is 31.1 Å². The Balaban J connectivity index is 2.38. The monoisotopic (exact) mass is 386 g/mol. The van der Waals surface area contributed by atoms with E-state index in [0.29, 0.717) is 17.8 Å². The Morgan fingerprint density at radius 1 is 1.19 bits per heavy atom. The molecule has 0 radical (unpaired) electrons. The number of carbonyl (C=O) groups excluding carboxylic acids is 1. The molecule has 0 bridgehead atoms. The number of rotatable bonds is 5. The van der Waals surface area contributed by atoms with Crippen molar-refractivity contribution in [2.45, 2.75) is 30.3 Å². The second kappa shape index (κ2) is 7.45. The summed E-state index contributed by atoms with van der Waals surface area (Å²) < 4.78 is 63.7. The molecule has 140 valence electrons. The molecule has 0 saturated heterocycles. The molecule has 1 atom stereocenters. The van der Waals surface area contributed by atoms with Crippen molar-refractivity contribution in [3.8, 4) is 0 Å². The van der Waals surface area contributed by atoms with Crippen molar-refractivity contribution in [1.29, 1.82) is 0 Å². The van der Waals surface area contributed by atoms with E-state index >= 15 is 0 Å². The van der Waals surface area contributed by atoms with Crippen molar-refractivity contribution in [3.05, 3.63) is 54.2 Å². The average Bonchev–Trinajstić information content (AvgIpc) is 2.62. The van der Waals surface area contributed by atoms with Crippen molar-refractivity contribution >= 4 is 21.4 Å². The Morgan fingerprint density at radius 3 is 2.35 bits per heavy atom. The molecular weight excluding hydrogens is 369 g/mol. The summed E-state index contributed by atoms with van der Waals surface area (Å²) in [5.41, 5.74) is -0.639. The molecular formula is C17H17F3N2O3S. The van der Waals surface area contributed by atoms with Gasteiger partial charge in [0.05, 0.1) is 5.56 Å². The quantitative estimate of drug-likeness (QED) is 0.791. The summed E-state index contributed by atoms with van der Waals surface area (Å²) >= 11 is 0. The van der Waals surface area contributed by atoms with Crippen molar-refractivity contribution in [3.63, 3.8) is 0 Å². The van der Waals surface area contributed by atoms with Crippen LogP contribution in [0.15, 0.2) is 53.7 Å². The highest BCUT2D eigenvalue weighted by Crippen LogP contribution is 2.30. The SMILES string of the molecule is CCN(C(=O)C(C)S(=O)(=O)c1cc(C(F)(F)F)ccn1)c1ccccc1. The van der Waals surface area contributed by atoms with Gasteiger partial charge in [0, 0.05) is 18.4 Å². The minimum atomic E-state index is -4.71. The van der Waals surface area contributed by atoms with Crippen LogP contribution in [0.1, 0.15) is 19.4 Å². The number of alkyl halides is 3. The fourth-order valence-corrected chi connectivity index (χ4v) is 3.60. The summed E-state index contributed by atoms with van der Waals surface area (Å²) in [6, 6.07) is 9.53. The van der Waals surface area contributed by atoms with Crippen LogP contribution in [0.5, 0.6) is 0 Å². The topological polar surface area (TPSA) is 67.3 Å². The molecule has 0 aliphatic rings. The number of halogens is 3.